The molecule has 8 heteroatoms. The monoisotopic (exact) mass is 433 g/mol. The third-order valence-corrected chi connectivity index (χ3v) is 5.75. The van der Waals surface area contributed by atoms with Crippen molar-refractivity contribution < 1.29 is 22.6 Å². The molecule has 0 aromatic heterocycles. The third-order valence-electron chi connectivity index (χ3n) is 4.15. The molecule has 3 aromatic carbocycles. The first-order valence-corrected chi connectivity index (χ1v) is 10.5. The topological polar surface area (TPSA) is 73.9 Å². The number of nitrogens with one attached hydrogen (secondary N) is 1. The number of sulfonamides is 1. The third kappa shape index (κ3) is 4.75. The van der Waals surface area contributed by atoms with E-state index in [1.54, 1.807) is 43.3 Å². The number of para-hydroxylation sites is 2. The average molecular weight is 434 g/mol. The van der Waals surface area contributed by atoms with Gasteiger partial charge in [-0.2, -0.15) is 0 Å². The van der Waals surface area contributed by atoms with Crippen molar-refractivity contribution in [2.75, 3.05) is 18.9 Å². The van der Waals surface area contributed by atoms with Crippen LogP contribution in [-0.4, -0.2) is 22.6 Å². The van der Waals surface area contributed by atoms with Gasteiger partial charge in [-0.15, -0.1) is 0 Å². The summed E-state index contributed by atoms with van der Waals surface area (Å²) in [6.07, 6.45) is 0. The summed E-state index contributed by atoms with van der Waals surface area (Å²) < 4.78 is 44.8. The maximum Gasteiger partial charge on any atom is 0.262 e. The number of aryl methyl sites for hydroxylation is 1. The molecule has 0 saturated heterocycles. The fourth-order valence-corrected chi connectivity index (χ4v) is 4.03. The van der Waals surface area contributed by atoms with E-state index in [4.69, 9.17) is 25.8 Å². The zero-order valence-electron chi connectivity index (χ0n) is 16.1. The number of benzene rings is 3. The number of hydrogen-bond donors (Lipinski definition) is 1. The molecule has 0 atom stereocenters. The van der Waals surface area contributed by atoms with Crippen LogP contribution < -0.4 is 18.9 Å². The first kappa shape index (κ1) is 20.8. The molecule has 29 heavy (non-hydrogen) atoms. The minimum absolute atomic E-state index is 0.0963. The minimum atomic E-state index is -3.88. The van der Waals surface area contributed by atoms with Gasteiger partial charge in [0.05, 0.1) is 24.8 Å². The van der Waals surface area contributed by atoms with E-state index in [2.05, 4.69) is 4.72 Å². The molecule has 0 saturated carbocycles. The highest BCUT2D eigenvalue weighted by atomic mass is 35.5. The second kappa shape index (κ2) is 8.63. The van der Waals surface area contributed by atoms with E-state index in [-0.39, 0.29) is 16.3 Å². The number of hydrogen-bond acceptors (Lipinski definition) is 5. The lowest BCUT2D eigenvalue weighted by molar-refractivity contribution is 0.379. The van der Waals surface area contributed by atoms with Crippen LogP contribution in [0, 0.1) is 6.92 Å². The SMILES string of the molecule is COc1ccc(S(=O)(=O)Nc2cc(Cl)ccc2Oc2ccccc2OC)cc1C. The van der Waals surface area contributed by atoms with Crippen LogP contribution in [-0.2, 0) is 10.0 Å². The molecule has 0 fully saturated rings. The quantitative estimate of drug-likeness (QED) is 0.550. The summed E-state index contributed by atoms with van der Waals surface area (Å²) in [4.78, 5) is 0.0963. The highest BCUT2D eigenvalue weighted by Gasteiger charge is 2.19. The second-order valence-corrected chi connectivity index (χ2v) is 8.25. The number of ether oxygens (including phenoxy) is 3. The summed E-state index contributed by atoms with van der Waals surface area (Å²) in [5, 5.41) is 0.362. The van der Waals surface area contributed by atoms with Crippen molar-refractivity contribution in [3.8, 4) is 23.0 Å². The van der Waals surface area contributed by atoms with E-state index in [9.17, 15) is 8.42 Å². The van der Waals surface area contributed by atoms with Gasteiger partial charge in [0.1, 0.15) is 5.75 Å². The van der Waals surface area contributed by atoms with Gasteiger partial charge in [0.15, 0.2) is 17.2 Å². The fraction of sp³-hybridized carbons (Fsp3) is 0.143. The van der Waals surface area contributed by atoms with E-state index in [1.165, 1.54) is 32.4 Å². The molecule has 3 rings (SSSR count). The summed E-state index contributed by atoms with van der Waals surface area (Å²) in [6, 6.07) is 16.4. The fourth-order valence-electron chi connectivity index (χ4n) is 2.71. The highest BCUT2D eigenvalue weighted by Crippen LogP contribution is 2.37. The lowest BCUT2D eigenvalue weighted by Crippen LogP contribution is -2.14. The molecule has 0 aliphatic carbocycles. The van der Waals surface area contributed by atoms with Crippen molar-refractivity contribution in [1.82, 2.24) is 0 Å². The Morgan fingerprint density at radius 1 is 0.828 bits per heavy atom. The molecular weight excluding hydrogens is 414 g/mol. The molecule has 0 bridgehead atoms. The van der Waals surface area contributed by atoms with Gasteiger partial charge in [-0.25, -0.2) is 8.42 Å². The summed E-state index contributed by atoms with van der Waals surface area (Å²) in [6.45, 7) is 1.77. The maximum absolute atomic E-state index is 12.9. The smallest absolute Gasteiger partial charge is 0.262 e. The van der Waals surface area contributed by atoms with Gasteiger partial charge in [-0.1, -0.05) is 23.7 Å². The van der Waals surface area contributed by atoms with Gasteiger partial charge in [0, 0.05) is 5.02 Å². The summed E-state index contributed by atoms with van der Waals surface area (Å²) in [7, 11) is -0.826. The molecule has 3 aromatic rings. The van der Waals surface area contributed by atoms with Crippen molar-refractivity contribution in [3.63, 3.8) is 0 Å². The van der Waals surface area contributed by atoms with E-state index < -0.39 is 10.0 Å². The largest absolute Gasteiger partial charge is 0.496 e. The average Bonchev–Trinajstić information content (AvgIpc) is 2.70. The number of anilines is 1. The molecule has 152 valence electrons. The Morgan fingerprint density at radius 2 is 1.48 bits per heavy atom. The second-order valence-electron chi connectivity index (χ2n) is 6.13. The molecule has 1 N–H and O–H groups in total. The van der Waals surface area contributed by atoms with Crippen LogP contribution in [0.5, 0.6) is 23.0 Å². The minimum Gasteiger partial charge on any atom is -0.496 e. The highest BCUT2D eigenvalue weighted by molar-refractivity contribution is 7.92. The Hall–Kier alpha value is -2.90. The molecule has 0 heterocycles. The number of halogens is 1. The van der Waals surface area contributed by atoms with Crippen molar-refractivity contribution in [3.05, 3.63) is 71.2 Å². The first-order valence-electron chi connectivity index (χ1n) is 8.62. The first-order chi connectivity index (χ1) is 13.8. The van der Waals surface area contributed by atoms with Crippen LogP contribution in [0.3, 0.4) is 0 Å². The zero-order valence-corrected chi connectivity index (χ0v) is 17.7. The zero-order chi connectivity index (χ0) is 21.0. The standard InChI is InChI=1S/C21H20ClNO5S/c1-14-12-16(9-11-18(14)26-2)29(24,25)23-17-13-15(22)8-10-19(17)28-21-7-5-4-6-20(21)27-3/h4-13,23H,1-3H3. The van der Waals surface area contributed by atoms with Gasteiger partial charge in [-0.05, 0) is 61.0 Å². The van der Waals surface area contributed by atoms with E-state index in [0.717, 1.165) is 0 Å². The number of rotatable bonds is 7. The summed E-state index contributed by atoms with van der Waals surface area (Å²) in [5.41, 5.74) is 0.906. The van der Waals surface area contributed by atoms with Crippen LogP contribution in [0.25, 0.3) is 0 Å². The van der Waals surface area contributed by atoms with Gasteiger partial charge >= 0.3 is 0 Å². The molecular formula is C21H20ClNO5S. The Kier molecular flexibility index (Phi) is 6.20. The molecule has 0 unspecified atom stereocenters. The molecule has 0 radical (unpaired) electrons. The van der Waals surface area contributed by atoms with E-state index >= 15 is 0 Å². The summed E-state index contributed by atoms with van der Waals surface area (Å²) >= 11 is 6.09. The predicted octanol–water partition coefficient (Wildman–Crippen LogP) is 5.26. The Bertz CT molecular complexity index is 1130. The lowest BCUT2D eigenvalue weighted by atomic mass is 10.2. The van der Waals surface area contributed by atoms with Gasteiger partial charge in [-0.3, -0.25) is 4.72 Å². The molecule has 0 aliphatic heterocycles. The van der Waals surface area contributed by atoms with Crippen molar-refractivity contribution in [2.24, 2.45) is 0 Å². The van der Waals surface area contributed by atoms with Gasteiger partial charge in [0.2, 0.25) is 0 Å². The van der Waals surface area contributed by atoms with Crippen LogP contribution in [0.15, 0.2) is 65.6 Å². The van der Waals surface area contributed by atoms with Crippen LogP contribution in [0.1, 0.15) is 5.56 Å². The van der Waals surface area contributed by atoms with Crippen molar-refractivity contribution in [1.29, 1.82) is 0 Å². The van der Waals surface area contributed by atoms with Gasteiger partial charge < -0.3 is 14.2 Å². The predicted molar refractivity (Wildman–Crippen MR) is 113 cm³/mol. The van der Waals surface area contributed by atoms with E-state index in [0.29, 0.717) is 27.8 Å². The lowest BCUT2D eigenvalue weighted by Gasteiger charge is -2.16. The Morgan fingerprint density at radius 3 is 2.14 bits per heavy atom. The number of methoxy groups -OCH3 is 2. The summed E-state index contributed by atoms with van der Waals surface area (Å²) in [5.74, 6) is 1.85. The molecule has 0 aliphatic rings. The van der Waals surface area contributed by atoms with Crippen LogP contribution in [0.4, 0.5) is 5.69 Å². The van der Waals surface area contributed by atoms with Crippen LogP contribution in [0.2, 0.25) is 5.02 Å². The van der Waals surface area contributed by atoms with Crippen molar-refractivity contribution in [2.45, 2.75) is 11.8 Å². The molecule has 0 amide bonds. The van der Waals surface area contributed by atoms with E-state index in [1.807, 2.05) is 6.07 Å². The Balaban J connectivity index is 1.96. The van der Waals surface area contributed by atoms with Crippen LogP contribution >= 0.6 is 11.6 Å². The molecule has 0 spiro atoms. The normalized spacial score (nSPS) is 11.0. The van der Waals surface area contributed by atoms with Gasteiger partial charge in [0.25, 0.3) is 10.0 Å². The van der Waals surface area contributed by atoms with Crippen molar-refractivity contribution >= 4 is 27.3 Å². The maximum atomic E-state index is 12.9. The Labute approximate surface area is 175 Å². The molecule has 6 nitrogen and oxygen atoms in total.